The highest BCUT2D eigenvalue weighted by molar-refractivity contribution is 7.92. The second-order valence-electron chi connectivity index (χ2n) is 6.88. The van der Waals surface area contributed by atoms with E-state index in [1.54, 1.807) is 0 Å². The monoisotopic (exact) mass is 450 g/mol. The van der Waals surface area contributed by atoms with E-state index in [0.717, 1.165) is 29.5 Å². The number of sulfonamides is 1. The van der Waals surface area contributed by atoms with Crippen LogP contribution in [0.2, 0.25) is 0 Å². The number of anilines is 1. The van der Waals surface area contributed by atoms with Gasteiger partial charge in [-0.05, 0) is 31.5 Å². The Labute approximate surface area is 177 Å². The molecule has 11 heteroatoms. The zero-order valence-electron chi connectivity index (χ0n) is 17.0. The summed E-state index contributed by atoms with van der Waals surface area (Å²) in [5.74, 6) is -2.57. The van der Waals surface area contributed by atoms with E-state index >= 15 is 0 Å². The molecule has 1 heterocycles. The van der Waals surface area contributed by atoms with Crippen LogP contribution in [0.3, 0.4) is 0 Å². The first-order valence-corrected chi connectivity index (χ1v) is 11.0. The normalized spacial score (nSPS) is 12.4. The number of nitrogens with zero attached hydrogens (tertiary/aromatic N) is 3. The third kappa shape index (κ3) is 5.05. The number of hydrogen-bond acceptors (Lipinski definition) is 6. The van der Waals surface area contributed by atoms with Crippen LogP contribution in [0.5, 0.6) is 0 Å². The molecule has 0 unspecified atom stereocenters. The summed E-state index contributed by atoms with van der Waals surface area (Å²) < 4.78 is 57.1. The highest BCUT2D eigenvalue weighted by Gasteiger charge is 2.30. The van der Waals surface area contributed by atoms with Crippen molar-refractivity contribution in [3.05, 3.63) is 65.6 Å². The van der Waals surface area contributed by atoms with Gasteiger partial charge in [-0.1, -0.05) is 29.4 Å². The second kappa shape index (κ2) is 8.80. The van der Waals surface area contributed by atoms with E-state index in [2.05, 4.69) is 15.5 Å². The maximum absolute atomic E-state index is 13.6. The van der Waals surface area contributed by atoms with Crippen molar-refractivity contribution in [1.82, 2.24) is 15.5 Å². The Bertz CT molecular complexity index is 1210. The molecule has 1 amide bonds. The van der Waals surface area contributed by atoms with E-state index in [-0.39, 0.29) is 18.1 Å². The zero-order valence-corrected chi connectivity index (χ0v) is 17.8. The molecule has 0 aliphatic rings. The van der Waals surface area contributed by atoms with Crippen molar-refractivity contribution in [2.75, 3.05) is 10.6 Å². The van der Waals surface area contributed by atoms with Gasteiger partial charge in [0.2, 0.25) is 27.6 Å². The number of benzene rings is 2. The second-order valence-corrected chi connectivity index (χ2v) is 8.74. The standard InChI is InChI=1S/C20H20F2N4O4S/c1-12-6-4-5-7-15(12)19-24-18(30-25-19)11-23-20(27)13(2)26(31(3,28)29)14-8-9-16(21)17(22)10-14/h4-10,13H,11H2,1-3H3,(H,23,27)/t13-/m0/s1. The molecular formula is C20H20F2N4O4S. The number of amides is 1. The first-order valence-electron chi connectivity index (χ1n) is 9.18. The molecule has 8 nitrogen and oxygen atoms in total. The van der Waals surface area contributed by atoms with Gasteiger partial charge in [-0.25, -0.2) is 17.2 Å². The number of hydrogen-bond donors (Lipinski definition) is 1. The van der Waals surface area contributed by atoms with Crippen LogP contribution in [-0.4, -0.2) is 36.8 Å². The molecule has 0 bridgehead atoms. The summed E-state index contributed by atoms with van der Waals surface area (Å²) in [5, 5.41) is 6.41. The number of halogens is 2. The quantitative estimate of drug-likeness (QED) is 0.594. The van der Waals surface area contributed by atoms with Crippen LogP contribution in [0.4, 0.5) is 14.5 Å². The van der Waals surface area contributed by atoms with E-state index in [1.165, 1.54) is 6.92 Å². The molecule has 0 fully saturated rings. The lowest BCUT2D eigenvalue weighted by atomic mass is 10.1. The van der Waals surface area contributed by atoms with Crippen LogP contribution in [0.25, 0.3) is 11.4 Å². The van der Waals surface area contributed by atoms with Crippen molar-refractivity contribution >= 4 is 21.6 Å². The van der Waals surface area contributed by atoms with Crippen molar-refractivity contribution in [1.29, 1.82) is 0 Å². The van der Waals surface area contributed by atoms with Crippen LogP contribution >= 0.6 is 0 Å². The van der Waals surface area contributed by atoms with Crippen LogP contribution < -0.4 is 9.62 Å². The minimum Gasteiger partial charge on any atom is -0.345 e. The Morgan fingerprint density at radius 2 is 1.90 bits per heavy atom. The molecule has 0 spiro atoms. The average molecular weight is 450 g/mol. The maximum Gasteiger partial charge on any atom is 0.246 e. The maximum atomic E-state index is 13.6. The fraction of sp³-hybridized carbons (Fsp3) is 0.250. The smallest absolute Gasteiger partial charge is 0.246 e. The predicted octanol–water partition coefficient (Wildman–Crippen LogP) is 2.79. The largest absolute Gasteiger partial charge is 0.345 e. The van der Waals surface area contributed by atoms with E-state index in [0.29, 0.717) is 16.2 Å². The molecule has 2 aromatic carbocycles. The molecule has 3 aromatic rings. The summed E-state index contributed by atoms with van der Waals surface area (Å²) in [7, 11) is -3.98. The fourth-order valence-corrected chi connectivity index (χ4v) is 4.17. The lowest BCUT2D eigenvalue weighted by molar-refractivity contribution is -0.122. The number of nitrogens with one attached hydrogen (secondary N) is 1. The van der Waals surface area contributed by atoms with Gasteiger partial charge in [0, 0.05) is 11.6 Å². The third-order valence-electron chi connectivity index (χ3n) is 4.51. The third-order valence-corrected chi connectivity index (χ3v) is 5.76. The summed E-state index contributed by atoms with van der Waals surface area (Å²) in [6.45, 7) is 3.08. The molecule has 0 aliphatic heterocycles. The molecule has 164 valence electrons. The Morgan fingerprint density at radius 1 is 1.19 bits per heavy atom. The van der Waals surface area contributed by atoms with E-state index in [1.807, 2.05) is 31.2 Å². The van der Waals surface area contributed by atoms with E-state index < -0.39 is 33.6 Å². The van der Waals surface area contributed by atoms with Crippen molar-refractivity contribution in [3.63, 3.8) is 0 Å². The Kier molecular flexibility index (Phi) is 6.34. The van der Waals surface area contributed by atoms with Gasteiger partial charge >= 0.3 is 0 Å². The number of carbonyl (C=O) groups excluding carboxylic acids is 1. The molecule has 0 radical (unpaired) electrons. The van der Waals surface area contributed by atoms with Gasteiger partial charge in [-0.2, -0.15) is 4.98 Å². The molecule has 3 rings (SSSR count). The minimum atomic E-state index is -3.98. The zero-order chi connectivity index (χ0) is 22.8. The van der Waals surface area contributed by atoms with Crippen LogP contribution in [-0.2, 0) is 21.4 Å². The van der Waals surface area contributed by atoms with E-state index in [4.69, 9.17) is 4.52 Å². The highest BCUT2D eigenvalue weighted by Crippen LogP contribution is 2.23. The van der Waals surface area contributed by atoms with E-state index in [9.17, 15) is 22.0 Å². The summed E-state index contributed by atoms with van der Waals surface area (Å²) in [6.07, 6.45) is 0.866. The number of carbonyl (C=O) groups is 1. The number of aromatic nitrogens is 2. The first kappa shape index (κ1) is 22.3. The van der Waals surface area contributed by atoms with Crippen molar-refractivity contribution in [2.24, 2.45) is 0 Å². The number of aryl methyl sites for hydroxylation is 1. The van der Waals surface area contributed by atoms with Crippen molar-refractivity contribution < 1.29 is 26.5 Å². The highest BCUT2D eigenvalue weighted by atomic mass is 32.2. The molecule has 0 aliphatic carbocycles. The van der Waals surface area contributed by atoms with Crippen molar-refractivity contribution in [2.45, 2.75) is 26.4 Å². The molecule has 1 N–H and O–H groups in total. The molecule has 31 heavy (non-hydrogen) atoms. The van der Waals surface area contributed by atoms with Gasteiger partial charge in [0.25, 0.3) is 0 Å². The van der Waals surface area contributed by atoms with Gasteiger partial charge in [0.05, 0.1) is 18.5 Å². The summed E-state index contributed by atoms with van der Waals surface area (Å²) >= 11 is 0. The lowest BCUT2D eigenvalue weighted by Crippen LogP contribution is -2.47. The molecule has 0 saturated carbocycles. The lowest BCUT2D eigenvalue weighted by Gasteiger charge is -2.28. The molecule has 0 saturated heterocycles. The molecule has 1 aromatic heterocycles. The first-order chi connectivity index (χ1) is 14.6. The summed E-state index contributed by atoms with van der Waals surface area (Å²) in [4.78, 5) is 16.8. The fourth-order valence-electron chi connectivity index (χ4n) is 3.00. The minimum absolute atomic E-state index is 0.123. The summed E-state index contributed by atoms with van der Waals surface area (Å²) in [6, 6.07) is 8.77. The topological polar surface area (TPSA) is 105 Å². The Hall–Kier alpha value is -3.34. The van der Waals surface area contributed by atoms with Gasteiger partial charge < -0.3 is 9.84 Å². The average Bonchev–Trinajstić information content (AvgIpc) is 3.17. The molecule has 1 atom stereocenters. The van der Waals surface area contributed by atoms with Gasteiger partial charge in [-0.15, -0.1) is 0 Å². The van der Waals surface area contributed by atoms with Crippen LogP contribution in [0.15, 0.2) is 47.0 Å². The Balaban J connectivity index is 1.74. The van der Waals surface area contributed by atoms with Gasteiger partial charge in [0.15, 0.2) is 11.6 Å². The predicted molar refractivity (Wildman–Crippen MR) is 109 cm³/mol. The SMILES string of the molecule is Cc1ccccc1-c1noc(CNC(=O)[C@H](C)N(c2ccc(F)c(F)c2)S(C)(=O)=O)n1. The summed E-state index contributed by atoms with van der Waals surface area (Å²) in [5.41, 5.74) is 1.55. The van der Waals surface area contributed by atoms with Crippen molar-refractivity contribution in [3.8, 4) is 11.4 Å². The van der Waals surface area contributed by atoms with Gasteiger partial charge in [0.1, 0.15) is 6.04 Å². The van der Waals surface area contributed by atoms with Gasteiger partial charge in [-0.3, -0.25) is 9.10 Å². The number of rotatable bonds is 7. The molecular weight excluding hydrogens is 430 g/mol. The Morgan fingerprint density at radius 3 is 2.55 bits per heavy atom. The van der Waals surface area contributed by atoms with Crippen LogP contribution in [0.1, 0.15) is 18.4 Å². The van der Waals surface area contributed by atoms with Crippen LogP contribution in [0, 0.1) is 18.6 Å².